The number of carbonyl (C=O) groups excluding carboxylic acids is 1. The molecular formula is C17H23ClN2O5S. The normalized spacial score (nSPS) is 22.4. The Morgan fingerprint density at radius 1 is 1.23 bits per heavy atom. The van der Waals surface area contributed by atoms with Crippen molar-refractivity contribution in [3.8, 4) is 0 Å². The van der Waals surface area contributed by atoms with Crippen LogP contribution in [0.4, 0.5) is 0 Å². The zero-order valence-electron chi connectivity index (χ0n) is 14.4. The third-order valence-corrected chi connectivity index (χ3v) is 7.10. The summed E-state index contributed by atoms with van der Waals surface area (Å²) in [5.74, 6) is -0.340. The summed E-state index contributed by atoms with van der Waals surface area (Å²) >= 11 is 6.20. The van der Waals surface area contributed by atoms with Crippen molar-refractivity contribution in [1.29, 1.82) is 0 Å². The lowest BCUT2D eigenvalue weighted by Crippen LogP contribution is -2.45. The highest BCUT2D eigenvalue weighted by atomic mass is 35.5. The molecule has 0 aromatic heterocycles. The van der Waals surface area contributed by atoms with Gasteiger partial charge in [0.25, 0.3) is 5.91 Å². The van der Waals surface area contributed by atoms with Crippen LogP contribution < -0.4 is 0 Å². The molecule has 2 aliphatic rings. The minimum Gasteiger partial charge on any atom is -0.394 e. The van der Waals surface area contributed by atoms with Crippen LogP contribution in [0.3, 0.4) is 0 Å². The van der Waals surface area contributed by atoms with E-state index in [1.807, 2.05) is 0 Å². The molecule has 2 fully saturated rings. The second-order valence-electron chi connectivity index (χ2n) is 6.49. The maximum absolute atomic E-state index is 12.9. The van der Waals surface area contributed by atoms with Crippen LogP contribution in [0.1, 0.15) is 29.6 Å². The number of rotatable bonds is 4. The van der Waals surface area contributed by atoms with E-state index >= 15 is 0 Å². The number of hydrogen-bond acceptors (Lipinski definition) is 5. The summed E-state index contributed by atoms with van der Waals surface area (Å²) in [6.07, 6.45) is 2.53. The van der Waals surface area contributed by atoms with Crippen LogP contribution in [-0.2, 0) is 14.8 Å². The molecule has 7 nitrogen and oxygen atoms in total. The summed E-state index contributed by atoms with van der Waals surface area (Å²) < 4.78 is 32.2. The van der Waals surface area contributed by atoms with Crippen LogP contribution in [0.2, 0.25) is 5.02 Å². The molecule has 0 unspecified atom stereocenters. The molecule has 144 valence electrons. The van der Waals surface area contributed by atoms with Gasteiger partial charge in [-0.2, -0.15) is 4.31 Å². The van der Waals surface area contributed by atoms with Gasteiger partial charge < -0.3 is 14.7 Å². The lowest BCUT2D eigenvalue weighted by Gasteiger charge is -2.35. The molecule has 1 N–H and O–H groups in total. The van der Waals surface area contributed by atoms with Crippen LogP contribution in [0.5, 0.6) is 0 Å². The Bertz CT molecular complexity index is 764. The predicted molar refractivity (Wildman–Crippen MR) is 96.8 cm³/mol. The maximum Gasteiger partial charge on any atom is 0.255 e. The molecule has 0 aliphatic carbocycles. The number of halogens is 1. The number of ether oxygens (including phenoxy) is 1. The van der Waals surface area contributed by atoms with Crippen LogP contribution >= 0.6 is 11.6 Å². The van der Waals surface area contributed by atoms with E-state index in [1.165, 1.54) is 22.5 Å². The highest BCUT2D eigenvalue weighted by Gasteiger charge is 2.31. The third-order valence-electron chi connectivity index (χ3n) is 4.87. The first-order valence-corrected chi connectivity index (χ1v) is 10.6. The summed E-state index contributed by atoms with van der Waals surface area (Å²) in [5, 5.41) is 9.75. The van der Waals surface area contributed by atoms with Crippen molar-refractivity contribution < 1.29 is 23.1 Å². The van der Waals surface area contributed by atoms with Gasteiger partial charge in [0.1, 0.15) is 0 Å². The maximum atomic E-state index is 12.9. The highest BCUT2D eigenvalue weighted by Crippen LogP contribution is 2.27. The lowest BCUT2D eigenvalue weighted by molar-refractivity contribution is 0.0503. The van der Waals surface area contributed by atoms with Gasteiger partial charge in [0.05, 0.1) is 41.3 Å². The monoisotopic (exact) mass is 402 g/mol. The van der Waals surface area contributed by atoms with E-state index in [0.717, 1.165) is 19.3 Å². The lowest BCUT2D eigenvalue weighted by atomic mass is 10.0. The van der Waals surface area contributed by atoms with Gasteiger partial charge in [-0.25, -0.2) is 8.42 Å². The highest BCUT2D eigenvalue weighted by molar-refractivity contribution is 7.89. The number of amides is 1. The molecule has 26 heavy (non-hydrogen) atoms. The van der Waals surface area contributed by atoms with Gasteiger partial charge in [0.15, 0.2) is 0 Å². The van der Waals surface area contributed by atoms with Crippen molar-refractivity contribution >= 4 is 27.5 Å². The topological polar surface area (TPSA) is 87.2 Å². The number of benzene rings is 1. The standard InChI is InChI=1S/C17H23ClN2O5S/c18-16-5-4-14(26(23,24)19-7-9-25-10-8-19)11-15(16)17(22)20-6-2-1-3-13(20)12-21/h4-5,11,13,21H,1-3,6-10,12H2/t13-/m1/s1. The molecule has 1 aromatic carbocycles. The Morgan fingerprint density at radius 2 is 1.96 bits per heavy atom. The van der Waals surface area contributed by atoms with Gasteiger partial charge in [0.2, 0.25) is 10.0 Å². The molecule has 0 saturated carbocycles. The van der Waals surface area contributed by atoms with E-state index < -0.39 is 10.0 Å². The van der Waals surface area contributed by atoms with Crippen molar-refractivity contribution in [1.82, 2.24) is 9.21 Å². The zero-order valence-corrected chi connectivity index (χ0v) is 16.0. The summed E-state index contributed by atoms with van der Waals surface area (Å²) in [6, 6.07) is 3.95. The minimum atomic E-state index is -3.71. The van der Waals surface area contributed by atoms with Gasteiger partial charge in [-0.1, -0.05) is 11.6 Å². The predicted octanol–water partition coefficient (Wildman–Crippen LogP) is 1.35. The molecule has 0 spiro atoms. The van der Waals surface area contributed by atoms with Gasteiger partial charge in [-0.05, 0) is 37.5 Å². The van der Waals surface area contributed by atoms with Crippen molar-refractivity contribution in [3.05, 3.63) is 28.8 Å². The van der Waals surface area contributed by atoms with Gasteiger partial charge in [0, 0.05) is 19.6 Å². The van der Waals surface area contributed by atoms with Crippen molar-refractivity contribution in [3.63, 3.8) is 0 Å². The number of piperidine rings is 1. The van der Waals surface area contributed by atoms with Gasteiger partial charge >= 0.3 is 0 Å². The molecule has 1 amide bonds. The first-order chi connectivity index (χ1) is 12.4. The molecule has 1 aromatic rings. The van der Waals surface area contributed by atoms with Crippen molar-refractivity contribution in [2.45, 2.75) is 30.2 Å². The number of hydrogen-bond donors (Lipinski definition) is 1. The number of nitrogens with zero attached hydrogens (tertiary/aromatic N) is 2. The van der Waals surface area contributed by atoms with Crippen LogP contribution in [0.15, 0.2) is 23.1 Å². The minimum absolute atomic E-state index is 0.0460. The molecule has 0 radical (unpaired) electrons. The summed E-state index contributed by atoms with van der Waals surface area (Å²) in [7, 11) is -3.71. The fraction of sp³-hybridized carbons (Fsp3) is 0.588. The van der Waals surface area contributed by atoms with E-state index in [4.69, 9.17) is 16.3 Å². The SMILES string of the molecule is O=C(c1cc(S(=O)(=O)N2CCOCC2)ccc1Cl)N1CCCC[C@@H]1CO. The average molecular weight is 403 g/mol. The summed E-state index contributed by atoms with van der Waals surface area (Å²) in [5.41, 5.74) is 0.154. The zero-order chi connectivity index (χ0) is 18.7. The van der Waals surface area contributed by atoms with Crippen LogP contribution in [0.25, 0.3) is 0 Å². The van der Waals surface area contributed by atoms with Crippen molar-refractivity contribution in [2.75, 3.05) is 39.5 Å². The summed E-state index contributed by atoms with van der Waals surface area (Å²) in [4.78, 5) is 14.6. The van der Waals surface area contributed by atoms with Crippen molar-refractivity contribution in [2.24, 2.45) is 0 Å². The quantitative estimate of drug-likeness (QED) is 0.821. The molecular weight excluding hydrogens is 380 g/mol. The first-order valence-electron chi connectivity index (χ1n) is 8.74. The Hall–Kier alpha value is -1.19. The van der Waals surface area contributed by atoms with E-state index in [9.17, 15) is 18.3 Å². The molecule has 3 rings (SSSR count). The van der Waals surface area contributed by atoms with Crippen LogP contribution in [0, 0.1) is 0 Å². The average Bonchev–Trinajstić information content (AvgIpc) is 2.68. The number of likely N-dealkylation sites (tertiary alicyclic amines) is 1. The molecule has 9 heteroatoms. The summed E-state index contributed by atoms with van der Waals surface area (Å²) in [6.45, 7) is 1.69. The molecule has 1 atom stereocenters. The molecule has 0 bridgehead atoms. The smallest absolute Gasteiger partial charge is 0.255 e. The van der Waals surface area contributed by atoms with E-state index in [-0.39, 0.29) is 47.1 Å². The number of morpholine rings is 1. The van der Waals surface area contributed by atoms with E-state index in [0.29, 0.717) is 19.8 Å². The number of aliphatic hydroxyl groups excluding tert-OH is 1. The Labute approximate surface area is 158 Å². The van der Waals surface area contributed by atoms with E-state index in [1.54, 1.807) is 4.90 Å². The van der Waals surface area contributed by atoms with Gasteiger partial charge in [-0.15, -0.1) is 0 Å². The fourth-order valence-corrected chi connectivity index (χ4v) is 5.01. The first kappa shape index (κ1) is 19.6. The second kappa shape index (κ2) is 8.22. The Morgan fingerprint density at radius 3 is 2.65 bits per heavy atom. The molecule has 2 saturated heterocycles. The largest absolute Gasteiger partial charge is 0.394 e. The Balaban J connectivity index is 1.91. The second-order valence-corrected chi connectivity index (χ2v) is 8.83. The Kier molecular flexibility index (Phi) is 6.19. The number of sulfonamides is 1. The number of aliphatic hydroxyl groups is 1. The van der Waals surface area contributed by atoms with E-state index in [2.05, 4.69) is 0 Å². The number of carbonyl (C=O) groups is 1. The molecule has 2 aliphatic heterocycles. The van der Waals surface area contributed by atoms with Gasteiger partial charge in [-0.3, -0.25) is 4.79 Å². The third kappa shape index (κ3) is 3.89. The van der Waals surface area contributed by atoms with Crippen LogP contribution in [-0.4, -0.2) is 74.1 Å². The fourth-order valence-electron chi connectivity index (χ4n) is 3.38. The molecule has 2 heterocycles.